The van der Waals surface area contributed by atoms with Crippen molar-refractivity contribution in [1.29, 1.82) is 0 Å². The van der Waals surface area contributed by atoms with E-state index in [0.717, 1.165) is 5.57 Å². The van der Waals surface area contributed by atoms with Crippen LogP contribution < -0.4 is 0 Å². The molecule has 0 saturated heterocycles. The average molecular weight is 647 g/mol. The minimum Gasteiger partial charge on any atom is -0.457 e. The number of carbonyl (C=O) groups is 4. The van der Waals surface area contributed by atoms with Crippen molar-refractivity contribution in [2.45, 2.75) is 87.2 Å². The molecule has 4 aliphatic rings. The number of hydrogen-bond donors (Lipinski definition) is 1. The molecule has 4 rings (SSSR count). The monoisotopic (exact) mass is 646 g/mol. The van der Waals surface area contributed by atoms with E-state index < -0.39 is 51.7 Å². The van der Waals surface area contributed by atoms with E-state index in [0.29, 0.717) is 12.8 Å². The van der Waals surface area contributed by atoms with Crippen molar-refractivity contribution in [2.24, 2.45) is 28.6 Å². The van der Waals surface area contributed by atoms with Gasteiger partial charge in [0, 0.05) is 33.5 Å². The van der Waals surface area contributed by atoms with Crippen molar-refractivity contribution in [3.8, 4) is 0 Å². The first-order chi connectivity index (χ1) is 17.2. The maximum atomic E-state index is 13.9. The van der Waals surface area contributed by atoms with Crippen LogP contribution in [0, 0.1) is 28.6 Å². The number of fused-ring (bicyclic) bond motifs is 5. The van der Waals surface area contributed by atoms with Crippen LogP contribution in [-0.2, 0) is 28.7 Å². The van der Waals surface area contributed by atoms with E-state index >= 15 is 0 Å². The van der Waals surface area contributed by atoms with E-state index in [1.807, 2.05) is 26.8 Å². The summed E-state index contributed by atoms with van der Waals surface area (Å²) < 4.78 is 11.3. The molecule has 37 heavy (non-hydrogen) atoms. The molecule has 0 radical (unpaired) electrons. The van der Waals surface area contributed by atoms with Crippen LogP contribution in [0.2, 0.25) is 0 Å². The number of aliphatic hydroxyl groups excluding tert-OH is 1. The molecule has 204 valence electrons. The van der Waals surface area contributed by atoms with Gasteiger partial charge in [0.15, 0.2) is 18.0 Å². The van der Waals surface area contributed by atoms with E-state index in [9.17, 15) is 24.3 Å². The topological polar surface area (TPSA) is 107 Å². The minimum atomic E-state index is -1.57. The second kappa shape index (κ2) is 9.73. The minimum absolute atomic E-state index is 0.0223. The fourth-order valence-corrected chi connectivity index (χ4v) is 10.3. The number of carbonyl (C=O) groups excluding carboxylic acids is 4. The standard InChI is InChI=1S/C28H36ClIO7/c1-6-22(34)36-14-21(33)28(37-23(35)7-2)15(3)10-18-24-19(30)12-16-11-17(31)8-9-25(16,4)27(24,29)20(32)13-26(18,28)5/h8-9,11,15,18-20,24,32H,6-7,10,12-14H2,1-5H3/t15-,18-,19+,20-,24+,25-,26-,27+,28+/m0/s1. The van der Waals surface area contributed by atoms with E-state index in [1.54, 1.807) is 19.9 Å². The Labute approximate surface area is 236 Å². The molecule has 4 aliphatic carbocycles. The van der Waals surface area contributed by atoms with Gasteiger partial charge in [0.05, 0.1) is 11.0 Å². The molecule has 0 amide bonds. The van der Waals surface area contributed by atoms with Crippen LogP contribution >= 0.6 is 34.2 Å². The zero-order chi connectivity index (χ0) is 27.6. The number of hydrogen-bond acceptors (Lipinski definition) is 7. The molecule has 1 N–H and O–H groups in total. The summed E-state index contributed by atoms with van der Waals surface area (Å²) in [5.41, 5.74) is -2.34. The SMILES string of the molecule is CCC(=O)OCC(=O)[C@]1(OC(=O)CC)[C@@H](C)C[C@H]2[C@@H]3[C@H](I)CC4=CC(=O)C=C[C@]4(C)[C@@]3(Cl)[C@@H](O)C[C@@]21C. The summed E-state index contributed by atoms with van der Waals surface area (Å²) in [4.78, 5) is 49.7. The molecule has 0 aromatic heterocycles. The van der Waals surface area contributed by atoms with E-state index in [4.69, 9.17) is 21.1 Å². The van der Waals surface area contributed by atoms with Gasteiger partial charge in [-0.15, -0.1) is 11.6 Å². The number of alkyl halides is 2. The van der Waals surface area contributed by atoms with Crippen molar-refractivity contribution >= 4 is 57.7 Å². The van der Waals surface area contributed by atoms with Gasteiger partial charge in [-0.3, -0.25) is 19.2 Å². The molecule has 0 bridgehead atoms. The maximum Gasteiger partial charge on any atom is 0.306 e. The predicted molar refractivity (Wildman–Crippen MR) is 146 cm³/mol. The highest BCUT2D eigenvalue weighted by atomic mass is 127. The summed E-state index contributed by atoms with van der Waals surface area (Å²) in [6.45, 7) is 8.61. The van der Waals surface area contributed by atoms with Crippen molar-refractivity contribution in [1.82, 2.24) is 0 Å². The van der Waals surface area contributed by atoms with Crippen LogP contribution in [0.3, 0.4) is 0 Å². The van der Waals surface area contributed by atoms with Crippen LogP contribution in [0.25, 0.3) is 0 Å². The van der Waals surface area contributed by atoms with Gasteiger partial charge < -0.3 is 14.6 Å². The van der Waals surface area contributed by atoms with Crippen molar-refractivity contribution in [3.05, 3.63) is 23.8 Å². The third-order valence-corrected chi connectivity index (χ3v) is 11.9. The third kappa shape index (κ3) is 3.90. The second-order valence-corrected chi connectivity index (χ2v) is 13.7. The van der Waals surface area contributed by atoms with E-state index in [-0.39, 0.29) is 46.7 Å². The Morgan fingerprint density at radius 3 is 2.46 bits per heavy atom. The molecular weight excluding hydrogens is 611 g/mol. The first-order valence-electron chi connectivity index (χ1n) is 13.1. The number of rotatable bonds is 6. The molecule has 0 aliphatic heterocycles. The Balaban J connectivity index is 1.84. The number of ketones is 2. The van der Waals surface area contributed by atoms with E-state index in [1.165, 1.54) is 6.08 Å². The number of halogens is 2. The lowest BCUT2D eigenvalue weighted by Gasteiger charge is -2.65. The first-order valence-corrected chi connectivity index (χ1v) is 14.7. The fourth-order valence-electron chi connectivity index (χ4n) is 7.95. The first kappa shape index (κ1) is 28.7. The Kier molecular flexibility index (Phi) is 7.56. The lowest BCUT2D eigenvalue weighted by Crippen LogP contribution is -2.71. The molecule has 7 nitrogen and oxygen atoms in total. The van der Waals surface area contributed by atoms with Crippen LogP contribution in [-0.4, -0.2) is 55.7 Å². The van der Waals surface area contributed by atoms with Crippen LogP contribution in [0.5, 0.6) is 0 Å². The molecule has 0 heterocycles. The van der Waals surface area contributed by atoms with Crippen molar-refractivity contribution in [2.75, 3.05) is 6.61 Å². The Morgan fingerprint density at radius 2 is 1.84 bits per heavy atom. The molecular formula is C28H36ClIO7. The lowest BCUT2D eigenvalue weighted by atomic mass is 9.45. The zero-order valence-electron chi connectivity index (χ0n) is 22.0. The normalized spacial score (nSPS) is 44.3. The highest BCUT2D eigenvalue weighted by Crippen LogP contribution is 2.72. The smallest absolute Gasteiger partial charge is 0.306 e. The zero-order valence-corrected chi connectivity index (χ0v) is 24.9. The summed E-state index contributed by atoms with van der Waals surface area (Å²) >= 11 is 9.93. The van der Waals surface area contributed by atoms with E-state index in [2.05, 4.69) is 22.6 Å². The van der Waals surface area contributed by atoms with Crippen LogP contribution in [0.1, 0.15) is 66.7 Å². The second-order valence-electron chi connectivity index (χ2n) is 11.5. The van der Waals surface area contributed by atoms with Gasteiger partial charge >= 0.3 is 11.9 Å². The molecule has 3 saturated carbocycles. The van der Waals surface area contributed by atoms with Crippen LogP contribution in [0.4, 0.5) is 0 Å². The van der Waals surface area contributed by atoms with Gasteiger partial charge in [-0.1, -0.05) is 68.9 Å². The van der Waals surface area contributed by atoms with Gasteiger partial charge in [0.25, 0.3) is 0 Å². The molecule has 9 heteroatoms. The summed E-state index contributed by atoms with van der Waals surface area (Å²) in [6.07, 6.45) is 5.47. The molecule has 0 aromatic carbocycles. The maximum absolute atomic E-state index is 13.9. The fraction of sp³-hybridized carbons (Fsp3) is 0.714. The van der Waals surface area contributed by atoms with Gasteiger partial charge in [-0.2, -0.15) is 0 Å². The predicted octanol–water partition coefficient (Wildman–Crippen LogP) is 4.50. The number of ether oxygens (including phenoxy) is 2. The number of allylic oxidation sites excluding steroid dienone is 4. The van der Waals surface area contributed by atoms with Gasteiger partial charge in [-0.25, -0.2) is 0 Å². The summed E-state index contributed by atoms with van der Waals surface area (Å²) in [6, 6.07) is 0. The summed E-state index contributed by atoms with van der Waals surface area (Å²) in [7, 11) is 0. The van der Waals surface area contributed by atoms with Gasteiger partial charge in [-0.05, 0) is 43.3 Å². The quantitative estimate of drug-likeness (QED) is 0.257. The van der Waals surface area contributed by atoms with Crippen molar-refractivity contribution < 1.29 is 33.8 Å². The average Bonchev–Trinajstić information content (AvgIpc) is 3.05. The number of aliphatic hydroxyl groups is 1. The molecule has 9 atom stereocenters. The van der Waals surface area contributed by atoms with Crippen LogP contribution in [0.15, 0.2) is 23.8 Å². The third-order valence-electron chi connectivity index (χ3n) is 9.78. The lowest BCUT2D eigenvalue weighted by molar-refractivity contribution is -0.203. The number of Topliss-reactive ketones (excluding diaryl/α,β-unsaturated/α-hetero) is 1. The molecule has 0 spiro atoms. The largest absolute Gasteiger partial charge is 0.457 e. The van der Waals surface area contributed by atoms with Gasteiger partial charge in [0.2, 0.25) is 5.78 Å². The highest BCUT2D eigenvalue weighted by molar-refractivity contribution is 14.1. The molecule has 0 unspecified atom stereocenters. The highest BCUT2D eigenvalue weighted by Gasteiger charge is 2.77. The Bertz CT molecular complexity index is 1090. The Morgan fingerprint density at radius 1 is 1.19 bits per heavy atom. The molecule has 3 fully saturated rings. The number of esters is 2. The van der Waals surface area contributed by atoms with Crippen molar-refractivity contribution in [3.63, 3.8) is 0 Å². The van der Waals surface area contributed by atoms with Gasteiger partial charge in [0.1, 0.15) is 0 Å². The summed E-state index contributed by atoms with van der Waals surface area (Å²) in [5, 5.41) is 11.9. The Hall–Kier alpha value is -1.26. The molecule has 0 aromatic rings. The summed E-state index contributed by atoms with van der Waals surface area (Å²) in [5.74, 6) is -2.35.